The van der Waals surface area contributed by atoms with E-state index in [0.717, 1.165) is 0 Å². The molecule has 0 radical (unpaired) electrons. The number of hydrogen-bond donors (Lipinski definition) is 17. The van der Waals surface area contributed by atoms with Crippen molar-refractivity contribution >= 4 is 0 Å². The van der Waals surface area contributed by atoms with Crippen molar-refractivity contribution in [2.45, 2.75) is 147 Å². The van der Waals surface area contributed by atoms with Gasteiger partial charge in [-0.15, -0.1) is 0 Å². The maximum absolute atomic E-state index is 10.6. The lowest BCUT2D eigenvalue weighted by atomic mass is 9.95. The highest BCUT2D eigenvalue weighted by Crippen LogP contribution is 2.39. The summed E-state index contributed by atoms with van der Waals surface area (Å²) in [6.45, 7) is -4.42. The van der Waals surface area contributed by atoms with E-state index in [1.807, 2.05) is 0 Å². The molecular formula is C31H54O26. The fourth-order valence-electron chi connectivity index (χ4n) is 7.14. The molecule has 0 spiro atoms. The topological polar surface area (TPSA) is 427 Å². The average molecular weight is 843 g/mol. The Labute approximate surface area is 322 Å². The maximum atomic E-state index is 10.6. The van der Waals surface area contributed by atoms with Gasteiger partial charge in [0.05, 0.1) is 39.1 Å². The lowest BCUT2D eigenvalue weighted by Crippen LogP contribution is -2.63. The smallest absolute Gasteiger partial charge is 0.222 e. The zero-order chi connectivity index (χ0) is 42.1. The van der Waals surface area contributed by atoms with E-state index in [1.165, 1.54) is 0 Å². The second kappa shape index (κ2) is 19.8. The van der Waals surface area contributed by atoms with Crippen LogP contribution in [0.1, 0.15) is 6.42 Å². The molecule has 0 aromatic heterocycles. The van der Waals surface area contributed by atoms with E-state index in [1.54, 1.807) is 0 Å². The first-order valence-electron chi connectivity index (χ1n) is 18.1. The molecule has 24 unspecified atom stereocenters. The highest BCUT2D eigenvalue weighted by molar-refractivity contribution is 5.03. The fourth-order valence-corrected chi connectivity index (χ4v) is 7.14. The minimum absolute atomic E-state index is 0.304. The standard InChI is InChI=1S/C31H54O26/c32-2-8-1-31(7-34,26(48)13(8)35)57-56-30-25(47)21(43)24(46)29(55-30)51-5-11-16(38)18(40)15(37)10(52-11)4-49-28-23(45)20(42)17(39)12(54-28)6-50-27-22(44)19(41)14(36)9(3-33)53-27/h8-30,32-48H,1-7H2. The summed E-state index contributed by atoms with van der Waals surface area (Å²) in [6, 6.07) is 0. The third-order valence-corrected chi connectivity index (χ3v) is 10.9. The summed E-state index contributed by atoms with van der Waals surface area (Å²) < 4.78 is 38.1. The van der Waals surface area contributed by atoms with Crippen LogP contribution in [0.4, 0.5) is 0 Å². The summed E-state index contributed by atoms with van der Waals surface area (Å²) in [5, 5.41) is 174. The molecule has 5 fully saturated rings. The summed E-state index contributed by atoms with van der Waals surface area (Å²) in [6.07, 6.45) is -39.3. The normalized spacial score (nSPS) is 52.3. The molecule has 0 aromatic carbocycles. The van der Waals surface area contributed by atoms with Gasteiger partial charge in [-0.3, -0.25) is 0 Å². The molecule has 24 atom stereocenters. The van der Waals surface area contributed by atoms with Gasteiger partial charge < -0.3 is 120 Å². The Morgan fingerprint density at radius 3 is 1.23 bits per heavy atom. The van der Waals surface area contributed by atoms with Crippen LogP contribution in [0, 0.1) is 5.92 Å². The van der Waals surface area contributed by atoms with Crippen molar-refractivity contribution in [1.29, 1.82) is 0 Å². The van der Waals surface area contributed by atoms with Crippen molar-refractivity contribution in [1.82, 2.24) is 0 Å². The van der Waals surface area contributed by atoms with Crippen LogP contribution in [-0.4, -0.2) is 267 Å². The summed E-state index contributed by atoms with van der Waals surface area (Å²) in [7, 11) is 0. The number of ether oxygens (including phenoxy) is 7. The summed E-state index contributed by atoms with van der Waals surface area (Å²) in [5.41, 5.74) is -2.00. The van der Waals surface area contributed by atoms with Crippen molar-refractivity contribution in [2.24, 2.45) is 5.92 Å². The Kier molecular flexibility index (Phi) is 16.3. The number of hydrogen-bond acceptors (Lipinski definition) is 26. The lowest BCUT2D eigenvalue weighted by Gasteiger charge is -2.44. The first kappa shape index (κ1) is 47.0. The predicted octanol–water partition coefficient (Wildman–Crippen LogP) is -11.3. The molecule has 5 rings (SSSR count). The van der Waals surface area contributed by atoms with Crippen LogP contribution >= 0.6 is 0 Å². The van der Waals surface area contributed by atoms with Crippen molar-refractivity contribution in [3.05, 3.63) is 0 Å². The Bertz CT molecular complexity index is 1240. The van der Waals surface area contributed by atoms with Crippen molar-refractivity contribution < 1.29 is 130 Å². The Hall–Kier alpha value is -1.04. The summed E-state index contributed by atoms with van der Waals surface area (Å²) in [4.78, 5) is 10.2. The molecule has 4 aliphatic heterocycles. The van der Waals surface area contributed by atoms with Crippen molar-refractivity contribution in [3.8, 4) is 0 Å². The zero-order valence-electron chi connectivity index (χ0n) is 30.0. The van der Waals surface area contributed by atoms with E-state index < -0.39 is 186 Å². The average Bonchev–Trinajstić information content (AvgIpc) is 3.45. The second-order valence-electron chi connectivity index (χ2n) is 14.7. The molecule has 4 heterocycles. The summed E-state index contributed by atoms with van der Waals surface area (Å²) >= 11 is 0. The maximum Gasteiger partial charge on any atom is 0.222 e. The minimum Gasteiger partial charge on any atom is -0.396 e. The van der Waals surface area contributed by atoms with E-state index in [2.05, 4.69) is 0 Å². The third-order valence-electron chi connectivity index (χ3n) is 10.9. The van der Waals surface area contributed by atoms with Gasteiger partial charge in [0, 0.05) is 12.5 Å². The second-order valence-corrected chi connectivity index (χ2v) is 14.7. The molecule has 334 valence electrons. The lowest BCUT2D eigenvalue weighted by molar-refractivity contribution is -0.480. The highest BCUT2D eigenvalue weighted by Gasteiger charge is 2.56. The van der Waals surface area contributed by atoms with Crippen LogP contribution in [0.3, 0.4) is 0 Å². The molecule has 17 N–H and O–H groups in total. The van der Waals surface area contributed by atoms with Crippen LogP contribution < -0.4 is 0 Å². The molecular weight excluding hydrogens is 788 g/mol. The first-order valence-corrected chi connectivity index (χ1v) is 18.1. The molecule has 1 saturated carbocycles. The number of aliphatic hydroxyl groups excluding tert-OH is 17. The largest absolute Gasteiger partial charge is 0.396 e. The van der Waals surface area contributed by atoms with Crippen LogP contribution in [0.5, 0.6) is 0 Å². The van der Waals surface area contributed by atoms with Gasteiger partial charge in [-0.1, -0.05) is 0 Å². The van der Waals surface area contributed by atoms with E-state index in [-0.39, 0.29) is 6.42 Å². The number of aliphatic hydroxyl groups is 17. The van der Waals surface area contributed by atoms with E-state index in [4.69, 9.17) is 42.9 Å². The van der Waals surface area contributed by atoms with E-state index >= 15 is 0 Å². The van der Waals surface area contributed by atoms with Gasteiger partial charge in [-0.2, -0.15) is 0 Å². The third kappa shape index (κ3) is 9.72. The number of rotatable bonds is 15. The van der Waals surface area contributed by atoms with Gasteiger partial charge in [-0.25, -0.2) is 9.78 Å². The summed E-state index contributed by atoms with van der Waals surface area (Å²) in [5.74, 6) is -0.925. The zero-order valence-corrected chi connectivity index (χ0v) is 30.0. The van der Waals surface area contributed by atoms with Gasteiger partial charge in [0.1, 0.15) is 104 Å². The van der Waals surface area contributed by atoms with Crippen molar-refractivity contribution in [3.63, 3.8) is 0 Å². The Morgan fingerprint density at radius 1 is 0.404 bits per heavy atom. The Morgan fingerprint density at radius 2 is 0.789 bits per heavy atom. The first-order chi connectivity index (χ1) is 26.9. The Balaban J connectivity index is 1.16. The molecule has 57 heavy (non-hydrogen) atoms. The van der Waals surface area contributed by atoms with Gasteiger partial charge in [0.25, 0.3) is 0 Å². The molecule has 1 aliphatic carbocycles. The van der Waals surface area contributed by atoms with Gasteiger partial charge >= 0.3 is 0 Å². The molecule has 0 bridgehead atoms. The molecule has 0 amide bonds. The highest BCUT2D eigenvalue weighted by atomic mass is 17.2. The van der Waals surface area contributed by atoms with Crippen LogP contribution in [-0.2, 0) is 42.9 Å². The van der Waals surface area contributed by atoms with Crippen LogP contribution in [0.2, 0.25) is 0 Å². The van der Waals surface area contributed by atoms with Gasteiger partial charge in [0.15, 0.2) is 24.5 Å². The monoisotopic (exact) mass is 842 g/mol. The van der Waals surface area contributed by atoms with E-state index in [0.29, 0.717) is 0 Å². The van der Waals surface area contributed by atoms with Crippen molar-refractivity contribution in [2.75, 3.05) is 39.6 Å². The molecule has 26 nitrogen and oxygen atoms in total. The van der Waals surface area contributed by atoms with Gasteiger partial charge in [-0.05, 0) is 6.42 Å². The minimum atomic E-state index is -2.03. The van der Waals surface area contributed by atoms with E-state index in [9.17, 15) is 86.8 Å². The quantitative estimate of drug-likeness (QED) is 0.0537. The molecule has 0 aromatic rings. The SMILES string of the molecule is OCC1CC(CO)(OOC2OC(OCC3OC(COC4OC(COC5OC(CO)C(O)C(O)C5O)C(O)C(O)C4O)C(O)C(O)C3O)C(O)C(O)C2O)C(O)C1O. The molecule has 26 heteroatoms. The van der Waals surface area contributed by atoms with Crippen LogP contribution in [0.25, 0.3) is 0 Å². The van der Waals surface area contributed by atoms with Crippen LogP contribution in [0.15, 0.2) is 0 Å². The molecule has 5 aliphatic rings. The fraction of sp³-hybridized carbons (Fsp3) is 1.00. The van der Waals surface area contributed by atoms with Gasteiger partial charge in [0.2, 0.25) is 6.29 Å². The predicted molar refractivity (Wildman–Crippen MR) is 171 cm³/mol. The molecule has 4 saturated heterocycles.